The van der Waals surface area contributed by atoms with Crippen molar-refractivity contribution in [2.75, 3.05) is 24.7 Å². The number of carbonyl (C=O) groups excluding carboxylic acids is 1. The molecule has 0 N–H and O–H groups in total. The van der Waals surface area contributed by atoms with Gasteiger partial charge in [-0.1, -0.05) is 0 Å². The Labute approximate surface area is 119 Å². The quantitative estimate of drug-likeness (QED) is 0.730. The Bertz CT molecular complexity index is 344. The highest BCUT2D eigenvalue weighted by molar-refractivity contribution is 7.99. The van der Waals surface area contributed by atoms with E-state index in [1.54, 1.807) is 0 Å². The summed E-state index contributed by atoms with van der Waals surface area (Å²) in [4.78, 5) is 12.7. The summed E-state index contributed by atoms with van der Waals surface area (Å²) in [6, 6.07) is -0.402. The van der Waals surface area contributed by atoms with Crippen molar-refractivity contribution in [1.82, 2.24) is 4.90 Å². The van der Waals surface area contributed by atoms with Crippen LogP contribution in [0.25, 0.3) is 0 Å². The topological polar surface area (TPSA) is 29.5 Å². The van der Waals surface area contributed by atoms with Gasteiger partial charge in [0.15, 0.2) is 0 Å². The van der Waals surface area contributed by atoms with Crippen molar-refractivity contribution in [3.05, 3.63) is 0 Å². The van der Waals surface area contributed by atoms with Crippen LogP contribution in [0.15, 0.2) is 0 Å². The minimum absolute atomic E-state index is 0.0215. The van der Waals surface area contributed by atoms with Gasteiger partial charge in [0, 0.05) is 24.9 Å². The lowest BCUT2D eigenvalue weighted by atomic mass is 10.1. The molecular weight excluding hydrogens is 298 g/mol. The van der Waals surface area contributed by atoms with E-state index in [-0.39, 0.29) is 12.6 Å². The van der Waals surface area contributed by atoms with E-state index < -0.39 is 24.3 Å². The molecular formula is C12H17F4NO2S. The highest BCUT2D eigenvalue weighted by Gasteiger charge is 2.52. The van der Waals surface area contributed by atoms with E-state index in [2.05, 4.69) is 0 Å². The summed E-state index contributed by atoms with van der Waals surface area (Å²) >= 11 is 1.54. The number of ether oxygens (including phenoxy) is 1. The summed E-state index contributed by atoms with van der Waals surface area (Å²) < 4.78 is 56.8. The van der Waals surface area contributed by atoms with Crippen molar-refractivity contribution in [2.45, 2.75) is 43.8 Å². The van der Waals surface area contributed by atoms with Gasteiger partial charge in [0.1, 0.15) is 0 Å². The van der Waals surface area contributed by atoms with Crippen molar-refractivity contribution >= 4 is 17.7 Å². The van der Waals surface area contributed by atoms with Crippen molar-refractivity contribution < 1.29 is 27.1 Å². The normalized spacial score (nSPS) is 27.2. The molecule has 116 valence electrons. The number of amides is 1. The molecule has 2 atom stereocenters. The Hall–Kier alpha value is -0.500. The molecule has 2 fully saturated rings. The average Bonchev–Trinajstić information content (AvgIpc) is 3.07. The third-order valence-corrected chi connectivity index (χ3v) is 4.74. The third kappa shape index (κ3) is 3.39. The fourth-order valence-electron chi connectivity index (χ4n) is 2.46. The van der Waals surface area contributed by atoms with Crippen molar-refractivity contribution in [3.8, 4) is 0 Å². The van der Waals surface area contributed by atoms with E-state index >= 15 is 0 Å². The predicted molar refractivity (Wildman–Crippen MR) is 67.4 cm³/mol. The van der Waals surface area contributed by atoms with Gasteiger partial charge in [-0.3, -0.25) is 4.79 Å². The second-order valence-electron chi connectivity index (χ2n) is 5.03. The minimum Gasteiger partial charge on any atom is -0.376 e. The zero-order chi connectivity index (χ0) is 14.8. The van der Waals surface area contributed by atoms with Gasteiger partial charge in [0.2, 0.25) is 0 Å². The molecule has 0 saturated carbocycles. The molecule has 2 aliphatic heterocycles. The van der Waals surface area contributed by atoms with Crippen LogP contribution < -0.4 is 0 Å². The van der Waals surface area contributed by atoms with Crippen LogP contribution in [0.5, 0.6) is 0 Å². The van der Waals surface area contributed by atoms with Crippen LogP contribution in [-0.4, -0.2) is 60.0 Å². The molecule has 0 radical (unpaired) electrons. The first-order chi connectivity index (χ1) is 9.43. The lowest BCUT2D eigenvalue weighted by Crippen LogP contribution is -2.54. The average molecular weight is 315 g/mol. The number of rotatable bonds is 5. The first-order valence-electron chi connectivity index (χ1n) is 6.59. The number of hydrogen-bond donors (Lipinski definition) is 0. The number of thioether (sulfide) groups is 1. The molecule has 2 aliphatic rings. The fraction of sp³-hybridized carbons (Fsp3) is 0.917. The SMILES string of the molecule is O=C(N(CC1CCCO1)C1CCSC1)C(F)(F)C(F)F. The van der Waals surface area contributed by atoms with Crippen LogP contribution in [0.3, 0.4) is 0 Å². The Morgan fingerprint density at radius 1 is 1.40 bits per heavy atom. The Kier molecular flexibility index (Phi) is 5.17. The minimum atomic E-state index is -4.62. The maximum atomic E-state index is 13.3. The number of nitrogens with zero attached hydrogens (tertiary/aromatic N) is 1. The summed E-state index contributed by atoms with van der Waals surface area (Å²) in [5, 5.41) is 0. The van der Waals surface area contributed by atoms with E-state index in [1.165, 1.54) is 11.8 Å². The maximum absolute atomic E-state index is 13.3. The van der Waals surface area contributed by atoms with E-state index in [1.807, 2.05) is 0 Å². The summed E-state index contributed by atoms with van der Waals surface area (Å²) in [7, 11) is 0. The van der Waals surface area contributed by atoms with Crippen molar-refractivity contribution in [2.24, 2.45) is 0 Å². The largest absolute Gasteiger partial charge is 0.383 e. The van der Waals surface area contributed by atoms with Gasteiger partial charge in [-0.2, -0.15) is 20.5 Å². The van der Waals surface area contributed by atoms with Crippen LogP contribution >= 0.6 is 11.8 Å². The molecule has 2 rings (SSSR count). The molecule has 2 heterocycles. The van der Waals surface area contributed by atoms with Crippen LogP contribution in [0.4, 0.5) is 17.6 Å². The van der Waals surface area contributed by atoms with Gasteiger partial charge in [0.05, 0.1) is 6.10 Å². The molecule has 3 nitrogen and oxygen atoms in total. The fourth-order valence-corrected chi connectivity index (χ4v) is 3.68. The first kappa shape index (κ1) is 15.9. The van der Waals surface area contributed by atoms with E-state index in [0.717, 1.165) is 17.1 Å². The first-order valence-corrected chi connectivity index (χ1v) is 7.74. The smallest absolute Gasteiger partial charge is 0.376 e. The monoisotopic (exact) mass is 315 g/mol. The Balaban J connectivity index is 2.10. The van der Waals surface area contributed by atoms with Crippen LogP contribution in [0.1, 0.15) is 19.3 Å². The molecule has 0 aromatic carbocycles. The molecule has 20 heavy (non-hydrogen) atoms. The number of carbonyl (C=O) groups is 1. The molecule has 2 saturated heterocycles. The van der Waals surface area contributed by atoms with Gasteiger partial charge in [-0.25, -0.2) is 8.78 Å². The standard InChI is InChI=1S/C12H17F4NO2S/c13-10(14)12(15,16)11(18)17(8-3-5-20-7-8)6-9-2-1-4-19-9/h8-10H,1-7H2. The number of halogens is 4. The molecule has 0 bridgehead atoms. The predicted octanol–water partition coefficient (Wildman–Crippen LogP) is 2.40. The molecule has 0 aromatic heterocycles. The van der Waals surface area contributed by atoms with Gasteiger partial charge >= 0.3 is 12.3 Å². The van der Waals surface area contributed by atoms with Crippen LogP contribution in [0, 0.1) is 0 Å². The molecule has 0 aliphatic carbocycles. The second-order valence-corrected chi connectivity index (χ2v) is 6.18. The second kappa shape index (κ2) is 6.51. The zero-order valence-electron chi connectivity index (χ0n) is 10.9. The van der Waals surface area contributed by atoms with Gasteiger partial charge in [-0.15, -0.1) is 0 Å². The lowest BCUT2D eigenvalue weighted by Gasteiger charge is -2.33. The highest BCUT2D eigenvalue weighted by atomic mass is 32.2. The van der Waals surface area contributed by atoms with Gasteiger partial charge < -0.3 is 9.64 Å². The van der Waals surface area contributed by atoms with Crippen LogP contribution in [0.2, 0.25) is 0 Å². The zero-order valence-corrected chi connectivity index (χ0v) is 11.7. The summed E-state index contributed by atoms with van der Waals surface area (Å²) in [6.45, 7) is 0.504. The Morgan fingerprint density at radius 2 is 2.15 bits per heavy atom. The van der Waals surface area contributed by atoms with Crippen LogP contribution in [-0.2, 0) is 9.53 Å². The van der Waals surface area contributed by atoms with Gasteiger partial charge in [-0.05, 0) is 25.0 Å². The summed E-state index contributed by atoms with van der Waals surface area (Å²) in [5.41, 5.74) is 0. The number of hydrogen-bond acceptors (Lipinski definition) is 3. The van der Waals surface area contributed by atoms with Gasteiger partial charge in [0.25, 0.3) is 5.91 Å². The Morgan fingerprint density at radius 3 is 2.65 bits per heavy atom. The lowest BCUT2D eigenvalue weighted by molar-refractivity contribution is -0.183. The van der Waals surface area contributed by atoms with Crippen molar-refractivity contribution in [3.63, 3.8) is 0 Å². The van der Waals surface area contributed by atoms with E-state index in [4.69, 9.17) is 4.74 Å². The molecule has 0 aromatic rings. The van der Waals surface area contributed by atoms with Crippen molar-refractivity contribution in [1.29, 1.82) is 0 Å². The molecule has 2 unspecified atom stereocenters. The summed E-state index contributed by atoms with van der Waals surface area (Å²) in [6.07, 6.45) is -2.27. The van der Waals surface area contributed by atoms with E-state index in [0.29, 0.717) is 25.2 Å². The highest BCUT2D eigenvalue weighted by Crippen LogP contribution is 2.31. The molecule has 8 heteroatoms. The summed E-state index contributed by atoms with van der Waals surface area (Å²) in [5.74, 6) is -5.13. The molecule has 0 spiro atoms. The third-order valence-electron chi connectivity index (χ3n) is 3.59. The van der Waals surface area contributed by atoms with E-state index in [9.17, 15) is 22.4 Å². The number of alkyl halides is 4. The molecule has 1 amide bonds. The maximum Gasteiger partial charge on any atom is 0.383 e.